The predicted octanol–water partition coefficient (Wildman–Crippen LogP) is 6.00. The Hall–Kier alpha value is -4.44. The largest absolute Gasteiger partial charge is 0.361 e. The van der Waals surface area contributed by atoms with Crippen LogP contribution in [0.1, 0.15) is 5.56 Å². The van der Waals surface area contributed by atoms with Crippen molar-refractivity contribution in [3.05, 3.63) is 110 Å². The number of aromatic amines is 1. The number of rotatable bonds is 5. The second kappa shape index (κ2) is 8.83. The molecule has 10 heteroatoms. The molecule has 0 aliphatic rings. The molecule has 168 valence electrons. The first kappa shape index (κ1) is 21.4. The molecule has 34 heavy (non-hydrogen) atoms. The third-order valence-corrected chi connectivity index (χ3v) is 5.91. The zero-order valence-electron chi connectivity index (χ0n) is 17.4. The van der Waals surface area contributed by atoms with Crippen LogP contribution in [-0.4, -0.2) is 20.8 Å². The third kappa shape index (κ3) is 4.14. The first-order valence-corrected chi connectivity index (χ1v) is 10.9. The highest BCUT2D eigenvalue weighted by molar-refractivity contribution is 7.07. The standard InChI is InChI=1S/C24H15F2N5O2S/c25-17-8-9-22(20(26)11-17)29-24-30(28-13-16-12-27-21-7-2-1-6-19(16)21)23(14-34-24)15-4-3-5-18(10-15)31(32)33/h1-14,27H. The van der Waals surface area contributed by atoms with Crippen LogP contribution in [-0.2, 0) is 0 Å². The van der Waals surface area contributed by atoms with Gasteiger partial charge in [-0.05, 0) is 18.2 Å². The summed E-state index contributed by atoms with van der Waals surface area (Å²) in [5.41, 5.74) is 2.71. The third-order valence-electron chi connectivity index (χ3n) is 5.10. The van der Waals surface area contributed by atoms with E-state index >= 15 is 0 Å². The van der Waals surface area contributed by atoms with Gasteiger partial charge in [-0.3, -0.25) is 10.1 Å². The summed E-state index contributed by atoms with van der Waals surface area (Å²) in [7, 11) is 0. The number of nitro groups is 1. The van der Waals surface area contributed by atoms with E-state index in [9.17, 15) is 18.9 Å². The summed E-state index contributed by atoms with van der Waals surface area (Å²) >= 11 is 1.18. The SMILES string of the molecule is O=[N+]([O-])c1cccc(-c2csc(=Nc3ccc(F)cc3F)n2N=Cc2c[nH]c3ccccc23)c1. The van der Waals surface area contributed by atoms with Gasteiger partial charge in [-0.25, -0.2) is 18.4 Å². The minimum atomic E-state index is -0.808. The van der Waals surface area contributed by atoms with Gasteiger partial charge >= 0.3 is 0 Å². The van der Waals surface area contributed by atoms with E-state index in [0.29, 0.717) is 16.1 Å². The number of non-ortho nitro benzene ring substituents is 1. The molecule has 5 aromatic rings. The second-order valence-electron chi connectivity index (χ2n) is 7.26. The Morgan fingerprint density at radius 3 is 2.74 bits per heavy atom. The maximum absolute atomic E-state index is 14.3. The van der Waals surface area contributed by atoms with E-state index in [0.717, 1.165) is 28.6 Å². The highest BCUT2D eigenvalue weighted by Crippen LogP contribution is 2.26. The lowest BCUT2D eigenvalue weighted by Crippen LogP contribution is -2.11. The predicted molar refractivity (Wildman–Crippen MR) is 127 cm³/mol. The Morgan fingerprint density at radius 1 is 1.06 bits per heavy atom. The smallest absolute Gasteiger partial charge is 0.270 e. The summed E-state index contributed by atoms with van der Waals surface area (Å²) in [5, 5.41) is 18.5. The lowest BCUT2D eigenvalue weighted by Gasteiger charge is -2.04. The molecule has 5 rings (SSSR count). The molecule has 2 aromatic heterocycles. The zero-order valence-corrected chi connectivity index (χ0v) is 18.2. The summed E-state index contributed by atoms with van der Waals surface area (Å²) in [4.78, 5) is 18.6. The van der Waals surface area contributed by atoms with E-state index in [1.807, 2.05) is 30.5 Å². The number of thiazole rings is 1. The van der Waals surface area contributed by atoms with Crippen LogP contribution in [0.5, 0.6) is 0 Å². The second-order valence-corrected chi connectivity index (χ2v) is 8.10. The number of halogens is 2. The van der Waals surface area contributed by atoms with Crippen molar-refractivity contribution in [1.29, 1.82) is 0 Å². The minimum absolute atomic E-state index is 0.0510. The Bertz CT molecular complexity index is 1630. The molecule has 0 aliphatic carbocycles. The van der Waals surface area contributed by atoms with Crippen LogP contribution in [0.3, 0.4) is 0 Å². The molecule has 0 saturated heterocycles. The van der Waals surface area contributed by atoms with Gasteiger partial charge in [0.15, 0.2) is 5.82 Å². The van der Waals surface area contributed by atoms with Crippen molar-refractivity contribution in [2.24, 2.45) is 10.1 Å². The van der Waals surface area contributed by atoms with Gasteiger partial charge in [0.1, 0.15) is 11.5 Å². The lowest BCUT2D eigenvalue weighted by atomic mass is 10.1. The lowest BCUT2D eigenvalue weighted by molar-refractivity contribution is -0.384. The molecule has 0 fully saturated rings. The summed E-state index contributed by atoms with van der Waals surface area (Å²) in [5.74, 6) is -1.51. The maximum Gasteiger partial charge on any atom is 0.270 e. The number of benzene rings is 3. The molecule has 0 bridgehead atoms. The molecule has 0 unspecified atom stereocenters. The van der Waals surface area contributed by atoms with Gasteiger partial charge in [-0.2, -0.15) is 5.10 Å². The molecule has 0 atom stereocenters. The van der Waals surface area contributed by atoms with Crippen LogP contribution < -0.4 is 4.80 Å². The number of fused-ring (bicyclic) bond motifs is 1. The van der Waals surface area contributed by atoms with Gasteiger partial charge in [0.2, 0.25) is 4.80 Å². The van der Waals surface area contributed by atoms with Crippen molar-refractivity contribution < 1.29 is 13.7 Å². The summed E-state index contributed by atoms with van der Waals surface area (Å²) < 4.78 is 29.1. The molecule has 0 amide bonds. The Kier molecular flexibility index (Phi) is 5.56. The fraction of sp³-hybridized carbons (Fsp3) is 0. The Balaban J connectivity index is 1.68. The van der Waals surface area contributed by atoms with Gasteiger partial charge < -0.3 is 4.98 Å². The van der Waals surface area contributed by atoms with Crippen molar-refractivity contribution in [2.45, 2.75) is 0 Å². The van der Waals surface area contributed by atoms with Crippen LogP contribution in [0.15, 0.2) is 88.4 Å². The number of H-pyrrole nitrogens is 1. The van der Waals surface area contributed by atoms with Crippen molar-refractivity contribution in [1.82, 2.24) is 9.66 Å². The van der Waals surface area contributed by atoms with Crippen molar-refractivity contribution in [2.75, 3.05) is 0 Å². The van der Waals surface area contributed by atoms with Crippen LogP contribution in [0.4, 0.5) is 20.2 Å². The number of aromatic nitrogens is 2. The quantitative estimate of drug-likeness (QED) is 0.192. The van der Waals surface area contributed by atoms with Crippen molar-refractivity contribution in [3.63, 3.8) is 0 Å². The Morgan fingerprint density at radius 2 is 1.91 bits per heavy atom. The van der Waals surface area contributed by atoms with E-state index in [1.165, 1.54) is 34.2 Å². The monoisotopic (exact) mass is 475 g/mol. The summed E-state index contributed by atoms with van der Waals surface area (Å²) in [6.45, 7) is 0. The number of hydrogen-bond acceptors (Lipinski definition) is 5. The molecule has 3 aromatic carbocycles. The zero-order chi connectivity index (χ0) is 23.7. The first-order chi connectivity index (χ1) is 16.5. The number of para-hydroxylation sites is 1. The minimum Gasteiger partial charge on any atom is -0.361 e. The summed E-state index contributed by atoms with van der Waals surface area (Å²) in [6, 6.07) is 17.0. The van der Waals surface area contributed by atoms with Crippen LogP contribution in [0.2, 0.25) is 0 Å². The van der Waals surface area contributed by atoms with E-state index in [1.54, 1.807) is 23.7 Å². The highest BCUT2D eigenvalue weighted by atomic mass is 32.1. The molecule has 0 aliphatic heterocycles. The van der Waals surface area contributed by atoms with Crippen molar-refractivity contribution in [3.8, 4) is 11.3 Å². The normalized spacial score (nSPS) is 12.1. The molecular weight excluding hydrogens is 460 g/mol. The molecule has 1 N–H and O–H groups in total. The molecule has 2 heterocycles. The van der Waals surface area contributed by atoms with Gasteiger partial charge in [-0.15, -0.1) is 11.3 Å². The van der Waals surface area contributed by atoms with E-state index in [4.69, 9.17) is 0 Å². The number of nitro benzene ring substituents is 1. The van der Waals surface area contributed by atoms with Gasteiger partial charge in [0, 0.05) is 51.8 Å². The molecule has 0 saturated carbocycles. The average Bonchev–Trinajstić information content (AvgIpc) is 3.43. The summed E-state index contributed by atoms with van der Waals surface area (Å²) in [6.07, 6.45) is 3.44. The van der Waals surface area contributed by atoms with E-state index in [-0.39, 0.29) is 11.4 Å². The van der Waals surface area contributed by atoms with Gasteiger partial charge in [-0.1, -0.05) is 30.3 Å². The number of hydrogen-bond donors (Lipinski definition) is 1. The van der Waals surface area contributed by atoms with Crippen LogP contribution in [0, 0.1) is 21.7 Å². The maximum atomic E-state index is 14.3. The fourth-order valence-corrected chi connectivity index (χ4v) is 4.31. The van der Waals surface area contributed by atoms with Crippen LogP contribution >= 0.6 is 11.3 Å². The molecular formula is C24H15F2N5O2S. The van der Waals surface area contributed by atoms with Crippen molar-refractivity contribution >= 4 is 39.8 Å². The van der Waals surface area contributed by atoms with Gasteiger partial charge in [0.25, 0.3) is 5.69 Å². The first-order valence-electron chi connectivity index (χ1n) is 10.1. The number of nitrogens with one attached hydrogen (secondary N) is 1. The number of nitrogens with zero attached hydrogens (tertiary/aromatic N) is 4. The molecule has 0 radical (unpaired) electrons. The van der Waals surface area contributed by atoms with Gasteiger partial charge in [0.05, 0.1) is 16.8 Å². The average molecular weight is 475 g/mol. The van der Waals surface area contributed by atoms with E-state index < -0.39 is 16.6 Å². The topological polar surface area (TPSA) is 88.6 Å². The van der Waals surface area contributed by atoms with E-state index in [2.05, 4.69) is 15.1 Å². The highest BCUT2D eigenvalue weighted by Gasteiger charge is 2.13. The Labute approximate surface area is 195 Å². The van der Waals surface area contributed by atoms with Crippen LogP contribution in [0.25, 0.3) is 22.2 Å². The molecule has 7 nitrogen and oxygen atoms in total. The fourth-order valence-electron chi connectivity index (χ4n) is 3.46. The molecule has 0 spiro atoms.